The van der Waals surface area contributed by atoms with Gasteiger partial charge >= 0.3 is 0 Å². The molecule has 0 aliphatic carbocycles. The lowest BCUT2D eigenvalue weighted by molar-refractivity contribution is 0.0916. The van der Waals surface area contributed by atoms with Gasteiger partial charge in [0.15, 0.2) is 9.84 Å². The van der Waals surface area contributed by atoms with Gasteiger partial charge in [-0.15, -0.1) is 0 Å². The van der Waals surface area contributed by atoms with Crippen LogP contribution in [-0.4, -0.2) is 31.8 Å². The van der Waals surface area contributed by atoms with Crippen molar-refractivity contribution in [3.05, 3.63) is 64.7 Å². The summed E-state index contributed by atoms with van der Waals surface area (Å²) in [6, 6.07) is 11.7. The minimum absolute atomic E-state index is 0.0264. The molecule has 0 bridgehead atoms. The molecule has 2 atom stereocenters. The Balaban J connectivity index is 1.75. The van der Waals surface area contributed by atoms with E-state index in [4.69, 9.17) is 0 Å². The second kappa shape index (κ2) is 8.43. The molecule has 1 heterocycles. The topological polar surface area (TPSA) is 95.5 Å². The third kappa shape index (κ3) is 4.11. The highest BCUT2D eigenvalue weighted by molar-refractivity contribution is 7.91. The standard InChI is InChI=1S/C21H26N2O4S/c1-3-19-18-10-7-15(11-16(18)12-22-19)21(25)23-20(13-24)14-5-8-17(9-6-14)28(26,27)4-2/h5-11,19-20,22,24H,3-4,12-13H2,1-2H3,(H,23,25)/t19-,20-/m0/s1. The lowest BCUT2D eigenvalue weighted by atomic mass is 10.00. The minimum Gasteiger partial charge on any atom is -0.394 e. The van der Waals surface area contributed by atoms with Gasteiger partial charge in [0.1, 0.15) is 0 Å². The third-order valence-corrected chi connectivity index (χ3v) is 6.99. The van der Waals surface area contributed by atoms with E-state index >= 15 is 0 Å². The summed E-state index contributed by atoms with van der Waals surface area (Å²) in [6.45, 7) is 4.17. The number of sulfone groups is 1. The second-order valence-corrected chi connectivity index (χ2v) is 9.21. The molecule has 2 aromatic carbocycles. The monoisotopic (exact) mass is 402 g/mol. The van der Waals surface area contributed by atoms with Crippen molar-refractivity contribution >= 4 is 15.7 Å². The van der Waals surface area contributed by atoms with Gasteiger partial charge < -0.3 is 15.7 Å². The van der Waals surface area contributed by atoms with Crippen LogP contribution in [0.25, 0.3) is 0 Å². The molecule has 7 heteroatoms. The zero-order valence-corrected chi connectivity index (χ0v) is 16.9. The van der Waals surface area contributed by atoms with Crippen molar-refractivity contribution < 1.29 is 18.3 Å². The highest BCUT2D eigenvalue weighted by Gasteiger charge is 2.22. The average molecular weight is 403 g/mol. The number of nitrogens with one attached hydrogen (secondary N) is 2. The van der Waals surface area contributed by atoms with Crippen LogP contribution < -0.4 is 10.6 Å². The Morgan fingerprint density at radius 3 is 2.54 bits per heavy atom. The molecule has 0 radical (unpaired) electrons. The summed E-state index contributed by atoms with van der Waals surface area (Å²) in [4.78, 5) is 12.9. The molecule has 0 fully saturated rings. The van der Waals surface area contributed by atoms with Gasteiger partial charge in [-0.1, -0.05) is 32.0 Å². The van der Waals surface area contributed by atoms with Gasteiger partial charge in [0.05, 0.1) is 23.3 Å². The number of benzene rings is 2. The van der Waals surface area contributed by atoms with Crippen molar-refractivity contribution in [2.24, 2.45) is 0 Å². The van der Waals surface area contributed by atoms with E-state index < -0.39 is 15.9 Å². The van der Waals surface area contributed by atoms with Crippen molar-refractivity contribution in [2.45, 2.75) is 43.8 Å². The molecule has 0 saturated carbocycles. The van der Waals surface area contributed by atoms with E-state index in [2.05, 4.69) is 17.6 Å². The van der Waals surface area contributed by atoms with Crippen LogP contribution in [0.3, 0.4) is 0 Å². The van der Waals surface area contributed by atoms with Crippen molar-refractivity contribution in [3.8, 4) is 0 Å². The van der Waals surface area contributed by atoms with E-state index in [0.717, 1.165) is 18.5 Å². The first-order chi connectivity index (χ1) is 13.4. The van der Waals surface area contributed by atoms with Crippen molar-refractivity contribution in [1.29, 1.82) is 0 Å². The fourth-order valence-electron chi connectivity index (χ4n) is 3.50. The van der Waals surface area contributed by atoms with Gasteiger partial charge in [0.2, 0.25) is 0 Å². The fraction of sp³-hybridized carbons (Fsp3) is 0.381. The zero-order chi connectivity index (χ0) is 20.3. The molecule has 2 aromatic rings. The number of rotatable bonds is 7. The smallest absolute Gasteiger partial charge is 0.251 e. The molecule has 0 saturated heterocycles. The lowest BCUT2D eigenvalue weighted by Gasteiger charge is -2.18. The highest BCUT2D eigenvalue weighted by Crippen LogP contribution is 2.28. The third-order valence-electron chi connectivity index (χ3n) is 5.24. The molecule has 0 unspecified atom stereocenters. The molecule has 1 aliphatic heterocycles. The predicted octanol–water partition coefficient (Wildman–Crippen LogP) is 2.50. The lowest BCUT2D eigenvalue weighted by Crippen LogP contribution is -2.30. The minimum atomic E-state index is -3.28. The molecule has 28 heavy (non-hydrogen) atoms. The van der Waals surface area contributed by atoms with Crippen LogP contribution in [0.15, 0.2) is 47.4 Å². The molecule has 6 nitrogen and oxygen atoms in total. The second-order valence-electron chi connectivity index (χ2n) is 6.94. The molecule has 3 N–H and O–H groups in total. The summed E-state index contributed by atoms with van der Waals surface area (Å²) >= 11 is 0. The Kier molecular flexibility index (Phi) is 6.17. The molecule has 1 aliphatic rings. The largest absolute Gasteiger partial charge is 0.394 e. The quantitative estimate of drug-likeness (QED) is 0.661. The first-order valence-corrected chi connectivity index (χ1v) is 11.2. The Morgan fingerprint density at radius 1 is 1.21 bits per heavy atom. The fourth-order valence-corrected chi connectivity index (χ4v) is 4.38. The van der Waals surface area contributed by atoms with Crippen LogP contribution in [0.4, 0.5) is 0 Å². The van der Waals surface area contributed by atoms with Gasteiger partial charge in [-0.25, -0.2) is 8.42 Å². The van der Waals surface area contributed by atoms with E-state index in [0.29, 0.717) is 17.2 Å². The maximum absolute atomic E-state index is 12.7. The number of hydrogen-bond donors (Lipinski definition) is 3. The summed E-state index contributed by atoms with van der Waals surface area (Å²) in [7, 11) is -3.28. The van der Waals surface area contributed by atoms with E-state index in [-0.39, 0.29) is 23.2 Å². The van der Waals surface area contributed by atoms with Crippen LogP contribution >= 0.6 is 0 Å². The molecule has 1 amide bonds. The molecule has 150 valence electrons. The van der Waals surface area contributed by atoms with Crippen LogP contribution in [-0.2, 0) is 16.4 Å². The van der Waals surface area contributed by atoms with Crippen LogP contribution in [0, 0.1) is 0 Å². The van der Waals surface area contributed by atoms with Gasteiger partial charge in [0, 0.05) is 18.2 Å². The highest BCUT2D eigenvalue weighted by atomic mass is 32.2. The first-order valence-electron chi connectivity index (χ1n) is 9.50. The Hall–Kier alpha value is -2.22. The summed E-state index contributed by atoms with van der Waals surface area (Å²) in [6.07, 6.45) is 0.995. The van der Waals surface area contributed by atoms with Crippen LogP contribution in [0.1, 0.15) is 59.4 Å². The van der Waals surface area contributed by atoms with Gasteiger partial charge in [-0.2, -0.15) is 0 Å². The Labute approximate surface area is 165 Å². The van der Waals surface area contributed by atoms with E-state index in [1.54, 1.807) is 25.1 Å². The van der Waals surface area contributed by atoms with E-state index in [1.807, 2.05) is 12.1 Å². The van der Waals surface area contributed by atoms with Crippen molar-refractivity contribution in [2.75, 3.05) is 12.4 Å². The molecular weight excluding hydrogens is 376 g/mol. The summed E-state index contributed by atoms with van der Waals surface area (Å²) < 4.78 is 23.9. The number of carbonyl (C=O) groups is 1. The summed E-state index contributed by atoms with van der Waals surface area (Å²) in [5.74, 6) is -0.245. The summed E-state index contributed by atoms with van der Waals surface area (Å²) in [5, 5.41) is 16.0. The van der Waals surface area contributed by atoms with Gasteiger partial charge in [0.25, 0.3) is 5.91 Å². The molecule has 0 spiro atoms. The van der Waals surface area contributed by atoms with Crippen LogP contribution in [0.5, 0.6) is 0 Å². The van der Waals surface area contributed by atoms with Crippen molar-refractivity contribution in [3.63, 3.8) is 0 Å². The van der Waals surface area contributed by atoms with Crippen molar-refractivity contribution in [1.82, 2.24) is 10.6 Å². The average Bonchev–Trinajstić information content (AvgIpc) is 3.14. The number of aliphatic hydroxyl groups excluding tert-OH is 1. The maximum atomic E-state index is 12.7. The van der Waals surface area contributed by atoms with E-state index in [9.17, 15) is 18.3 Å². The zero-order valence-electron chi connectivity index (χ0n) is 16.1. The molecule has 3 rings (SSSR count). The Morgan fingerprint density at radius 2 is 1.93 bits per heavy atom. The van der Waals surface area contributed by atoms with Crippen LogP contribution in [0.2, 0.25) is 0 Å². The molecule has 0 aromatic heterocycles. The maximum Gasteiger partial charge on any atom is 0.251 e. The normalized spacial score (nSPS) is 17.2. The number of hydrogen-bond acceptors (Lipinski definition) is 5. The molecular formula is C21H26N2O4S. The SMILES string of the molecule is CC[C@@H]1NCc2cc(C(=O)N[C@@H](CO)c3ccc(S(=O)(=O)CC)cc3)ccc21. The predicted molar refractivity (Wildman–Crippen MR) is 108 cm³/mol. The Bertz CT molecular complexity index is 955. The first kappa shape index (κ1) is 20.5. The number of aliphatic hydroxyl groups is 1. The number of carbonyl (C=O) groups excluding carboxylic acids is 1. The number of fused-ring (bicyclic) bond motifs is 1. The summed E-state index contributed by atoms with van der Waals surface area (Å²) in [5.41, 5.74) is 3.54. The van der Waals surface area contributed by atoms with Gasteiger partial charge in [-0.3, -0.25) is 4.79 Å². The van der Waals surface area contributed by atoms with Gasteiger partial charge in [-0.05, 0) is 47.4 Å². The number of amides is 1. The van der Waals surface area contributed by atoms with E-state index in [1.165, 1.54) is 17.7 Å².